The number of nitrogens with zero attached hydrogens (tertiary/aromatic N) is 4. The Morgan fingerprint density at radius 1 is 1.06 bits per heavy atom. The first kappa shape index (κ1) is 21.0. The fraction of sp³-hybridized carbons (Fsp3) is 0.381. The van der Waals surface area contributed by atoms with E-state index in [-0.39, 0.29) is 34.3 Å². The van der Waals surface area contributed by atoms with Gasteiger partial charge in [0.25, 0.3) is 0 Å². The number of hydrogen-bond acceptors (Lipinski definition) is 8. The number of benzene rings is 1. The number of methoxy groups -OCH3 is 3. The molecule has 8 nitrogen and oxygen atoms in total. The molecule has 164 valence electrons. The van der Waals surface area contributed by atoms with E-state index in [9.17, 15) is 0 Å². The van der Waals surface area contributed by atoms with Gasteiger partial charge in [-0.05, 0) is 19.4 Å². The molecular weight excluding hydrogens is 408 g/mol. The van der Waals surface area contributed by atoms with Gasteiger partial charge in [-0.3, -0.25) is 0 Å². The van der Waals surface area contributed by atoms with E-state index in [0.29, 0.717) is 29.8 Å². The Bertz CT molecular complexity index is 1130. The van der Waals surface area contributed by atoms with Gasteiger partial charge in [-0.25, -0.2) is 23.7 Å². The highest BCUT2D eigenvalue weighted by atomic mass is 19.1. The number of aromatic nitrogens is 3. The van der Waals surface area contributed by atoms with Crippen molar-refractivity contribution in [3.63, 3.8) is 0 Å². The van der Waals surface area contributed by atoms with Crippen LogP contribution < -0.4 is 20.1 Å². The molecule has 0 bridgehead atoms. The van der Waals surface area contributed by atoms with Crippen LogP contribution in [0.1, 0.15) is 13.3 Å². The van der Waals surface area contributed by atoms with Gasteiger partial charge < -0.3 is 24.8 Å². The van der Waals surface area contributed by atoms with E-state index in [1.54, 1.807) is 7.11 Å². The summed E-state index contributed by atoms with van der Waals surface area (Å²) in [4.78, 5) is 14.9. The van der Waals surface area contributed by atoms with E-state index in [4.69, 9.17) is 19.9 Å². The molecule has 1 aliphatic rings. The number of nitrogens with two attached hydrogens (primary N) is 1. The molecule has 4 rings (SSSR count). The van der Waals surface area contributed by atoms with Gasteiger partial charge in [0.05, 0.1) is 31.1 Å². The Balaban J connectivity index is 1.97. The van der Waals surface area contributed by atoms with Crippen molar-refractivity contribution in [3.8, 4) is 22.8 Å². The maximum Gasteiger partial charge on any atom is 0.220 e. The molecule has 2 aromatic heterocycles. The number of rotatable bonds is 5. The summed E-state index contributed by atoms with van der Waals surface area (Å²) in [5.41, 5.74) is 5.62. The molecule has 10 heteroatoms. The van der Waals surface area contributed by atoms with Gasteiger partial charge in [0.1, 0.15) is 5.52 Å². The molecule has 2 N–H and O–H groups in total. The van der Waals surface area contributed by atoms with Gasteiger partial charge in [0.2, 0.25) is 5.95 Å². The van der Waals surface area contributed by atoms with Crippen LogP contribution in [0.3, 0.4) is 0 Å². The Morgan fingerprint density at radius 2 is 1.74 bits per heavy atom. The lowest BCUT2D eigenvalue weighted by molar-refractivity contribution is 0.0256. The Morgan fingerprint density at radius 3 is 2.32 bits per heavy atom. The molecule has 1 atom stereocenters. The molecule has 31 heavy (non-hydrogen) atoms. The van der Waals surface area contributed by atoms with Crippen LogP contribution in [-0.2, 0) is 4.74 Å². The van der Waals surface area contributed by atoms with E-state index in [0.717, 1.165) is 12.5 Å². The molecule has 0 spiro atoms. The van der Waals surface area contributed by atoms with Crippen LogP contribution in [0.15, 0.2) is 18.3 Å². The zero-order valence-corrected chi connectivity index (χ0v) is 17.7. The Labute approximate surface area is 178 Å². The molecule has 1 unspecified atom stereocenters. The predicted molar refractivity (Wildman–Crippen MR) is 112 cm³/mol. The van der Waals surface area contributed by atoms with Gasteiger partial charge in [-0.2, -0.15) is 0 Å². The zero-order chi connectivity index (χ0) is 22.3. The molecule has 3 aromatic rings. The third kappa shape index (κ3) is 3.56. The van der Waals surface area contributed by atoms with Gasteiger partial charge in [-0.15, -0.1) is 0 Å². The third-order valence-corrected chi connectivity index (χ3v) is 5.62. The zero-order valence-electron chi connectivity index (χ0n) is 17.7. The van der Waals surface area contributed by atoms with Crippen LogP contribution >= 0.6 is 0 Å². The number of pyridine rings is 1. The van der Waals surface area contributed by atoms with Crippen LogP contribution in [-0.4, -0.2) is 55.0 Å². The maximum atomic E-state index is 15.1. The minimum absolute atomic E-state index is 0.0640. The van der Waals surface area contributed by atoms with Crippen molar-refractivity contribution in [2.24, 2.45) is 0 Å². The highest BCUT2D eigenvalue weighted by Crippen LogP contribution is 2.40. The highest BCUT2D eigenvalue weighted by Gasteiger charge is 2.36. The highest BCUT2D eigenvalue weighted by molar-refractivity contribution is 5.92. The van der Waals surface area contributed by atoms with Crippen molar-refractivity contribution in [2.75, 3.05) is 45.1 Å². The summed E-state index contributed by atoms with van der Waals surface area (Å²) in [5, 5.41) is 0.542. The van der Waals surface area contributed by atoms with Crippen molar-refractivity contribution in [1.29, 1.82) is 0 Å². The monoisotopic (exact) mass is 431 g/mol. The average Bonchev–Trinajstić information content (AvgIpc) is 3.16. The minimum atomic E-state index is -0.877. The van der Waals surface area contributed by atoms with Crippen molar-refractivity contribution in [2.45, 2.75) is 18.9 Å². The van der Waals surface area contributed by atoms with Crippen molar-refractivity contribution < 1.29 is 23.0 Å². The first-order valence-electron chi connectivity index (χ1n) is 9.64. The summed E-state index contributed by atoms with van der Waals surface area (Å²) in [6, 6.07) is 2.68. The molecule has 3 heterocycles. The third-order valence-electron chi connectivity index (χ3n) is 5.62. The molecule has 1 aliphatic heterocycles. The van der Waals surface area contributed by atoms with Gasteiger partial charge in [0, 0.05) is 37.8 Å². The van der Waals surface area contributed by atoms with Crippen molar-refractivity contribution >= 4 is 22.7 Å². The quantitative estimate of drug-likeness (QED) is 0.658. The van der Waals surface area contributed by atoms with Gasteiger partial charge in [0.15, 0.2) is 29.0 Å². The summed E-state index contributed by atoms with van der Waals surface area (Å²) in [5.74, 6) is -1.53. The molecule has 1 saturated heterocycles. The van der Waals surface area contributed by atoms with Crippen molar-refractivity contribution in [1.82, 2.24) is 15.0 Å². The number of nitrogen functional groups attached to an aromatic ring is 1. The largest absolute Gasteiger partial charge is 0.494 e. The number of anilines is 2. The first-order valence-corrected chi connectivity index (χ1v) is 9.64. The maximum absolute atomic E-state index is 15.1. The van der Waals surface area contributed by atoms with E-state index in [1.807, 2.05) is 11.8 Å². The Kier molecular flexibility index (Phi) is 5.26. The van der Waals surface area contributed by atoms with Crippen LogP contribution in [0, 0.1) is 11.6 Å². The first-order chi connectivity index (χ1) is 14.8. The fourth-order valence-corrected chi connectivity index (χ4v) is 3.78. The predicted octanol–water partition coefficient (Wildman–Crippen LogP) is 3.18. The van der Waals surface area contributed by atoms with E-state index >= 15 is 8.78 Å². The molecule has 0 saturated carbocycles. The minimum Gasteiger partial charge on any atom is -0.494 e. The number of halogens is 2. The summed E-state index contributed by atoms with van der Waals surface area (Å²) in [6.07, 6.45) is 2.26. The molecular formula is C21H23F2N5O3. The summed E-state index contributed by atoms with van der Waals surface area (Å²) < 4.78 is 46.0. The second kappa shape index (κ2) is 7.77. The number of hydrogen-bond donors (Lipinski definition) is 1. The van der Waals surface area contributed by atoms with Crippen LogP contribution in [0.4, 0.5) is 20.5 Å². The SMILES string of the molecule is COc1cc(OC)c(F)c(-c2cc3cnc(N)nc3c(N3CCC(C)(OC)C3)n2)c1F. The lowest BCUT2D eigenvalue weighted by Crippen LogP contribution is -2.32. The fourth-order valence-electron chi connectivity index (χ4n) is 3.78. The van der Waals surface area contributed by atoms with Gasteiger partial charge in [-0.1, -0.05) is 0 Å². The lowest BCUT2D eigenvalue weighted by atomic mass is 10.1. The summed E-state index contributed by atoms with van der Waals surface area (Å²) >= 11 is 0. The molecule has 1 fully saturated rings. The number of fused-ring (bicyclic) bond motifs is 1. The van der Waals surface area contributed by atoms with Crippen LogP contribution in [0.5, 0.6) is 11.5 Å². The van der Waals surface area contributed by atoms with E-state index < -0.39 is 11.6 Å². The number of ether oxygens (including phenoxy) is 3. The Hall–Kier alpha value is -3.27. The second-order valence-electron chi connectivity index (χ2n) is 7.61. The average molecular weight is 431 g/mol. The second-order valence-corrected chi connectivity index (χ2v) is 7.61. The summed E-state index contributed by atoms with van der Waals surface area (Å²) in [6.45, 7) is 3.16. The molecule has 0 aliphatic carbocycles. The van der Waals surface area contributed by atoms with Crippen LogP contribution in [0.25, 0.3) is 22.2 Å². The lowest BCUT2D eigenvalue weighted by Gasteiger charge is -2.24. The topological polar surface area (TPSA) is 95.6 Å². The summed E-state index contributed by atoms with van der Waals surface area (Å²) in [7, 11) is 4.25. The van der Waals surface area contributed by atoms with Gasteiger partial charge >= 0.3 is 0 Å². The molecule has 0 radical (unpaired) electrons. The standard InChI is InChI=1S/C21H23F2N5O3/c1-21(31-4)5-6-28(10-21)19-18-11(9-25-20(24)27-18)7-12(26-19)15-16(22)13(29-2)8-14(30-3)17(15)23/h7-9H,5-6,10H2,1-4H3,(H2,24,25,27). The van der Waals surface area contributed by atoms with E-state index in [1.165, 1.54) is 26.5 Å². The van der Waals surface area contributed by atoms with E-state index in [2.05, 4.69) is 15.0 Å². The smallest absolute Gasteiger partial charge is 0.220 e. The molecule has 1 aromatic carbocycles. The normalized spacial score (nSPS) is 18.6. The molecule has 0 amide bonds. The van der Waals surface area contributed by atoms with Crippen LogP contribution in [0.2, 0.25) is 0 Å². The van der Waals surface area contributed by atoms with Crippen molar-refractivity contribution in [3.05, 3.63) is 30.0 Å².